The van der Waals surface area contributed by atoms with Gasteiger partial charge in [0.2, 0.25) is 0 Å². The summed E-state index contributed by atoms with van der Waals surface area (Å²) in [4.78, 5) is 11.9. The van der Waals surface area contributed by atoms with Gasteiger partial charge in [-0.25, -0.2) is 4.79 Å². The normalized spacial score (nSPS) is 12.0. The van der Waals surface area contributed by atoms with E-state index >= 15 is 0 Å². The van der Waals surface area contributed by atoms with E-state index in [2.05, 4.69) is 21.2 Å². The molecule has 1 atom stereocenters. The van der Waals surface area contributed by atoms with E-state index in [0.717, 1.165) is 10.0 Å². The van der Waals surface area contributed by atoms with Gasteiger partial charge in [0, 0.05) is 18.1 Å². The fourth-order valence-electron chi connectivity index (χ4n) is 1.61. The summed E-state index contributed by atoms with van der Waals surface area (Å²) in [5.41, 5.74) is 0.766. The highest BCUT2D eigenvalue weighted by atomic mass is 79.9. The molecule has 0 spiro atoms. The quantitative estimate of drug-likeness (QED) is 0.611. The number of rotatable bonds is 7. The van der Waals surface area contributed by atoms with Crippen molar-refractivity contribution in [2.45, 2.75) is 6.04 Å². The third-order valence-corrected chi connectivity index (χ3v) is 3.33. The van der Waals surface area contributed by atoms with E-state index in [1.807, 2.05) is 12.1 Å². The average Bonchev–Trinajstić information content (AvgIpc) is 2.44. The molecule has 0 radical (unpaired) electrons. The van der Waals surface area contributed by atoms with Gasteiger partial charge in [0.1, 0.15) is 11.8 Å². The number of carbonyl (C=O) groups is 1. The minimum Gasteiger partial charge on any atom is -0.497 e. The second kappa shape index (κ2) is 8.14. The Bertz CT molecular complexity index is 425. The van der Waals surface area contributed by atoms with Gasteiger partial charge in [0.15, 0.2) is 0 Å². The fourth-order valence-corrected chi connectivity index (χ4v) is 2.09. The average molecular weight is 332 g/mol. The molecule has 0 saturated carbocycles. The maximum Gasteiger partial charge on any atom is 0.327 e. The van der Waals surface area contributed by atoms with E-state index in [9.17, 15) is 4.79 Å². The molecule has 1 aromatic carbocycles. The summed E-state index contributed by atoms with van der Waals surface area (Å²) in [5.74, 6) is 0.325. The van der Waals surface area contributed by atoms with E-state index < -0.39 is 6.04 Å². The molecule has 1 aromatic rings. The molecule has 0 aromatic heterocycles. The summed E-state index contributed by atoms with van der Waals surface area (Å²) < 4.78 is 15.8. The lowest BCUT2D eigenvalue weighted by Gasteiger charge is -2.18. The minimum absolute atomic E-state index is 0.356. The van der Waals surface area contributed by atoms with Gasteiger partial charge in [-0.2, -0.15) is 0 Å². The molecule has 0 aliphatic carbocycles. The molecule has 5 nitrogen and oxygen atoms in total. The van der Waals surface area contributed by atoms with Crippen LogP contribution in [-0.2, 0) is 14.3 Å². The third-order valence-electron chi connectivity index (χ3n) is 2.61. The molecule has 6 heteroatoms. The Morgan fingerprint density at radius 1 is 1.37 bits per heavy atom. The van der Waals surface area contributed by atoms with Crippen molar-refractivity contribution in [3.63, 3.8) is 0 Å². The first kappa shape index (κ1) is 15.9. The predicted octanol–water partition coefficient (Wildman–Crippen LogP) is 1.91. The van der Waals surface area contributed by atoms with Crippen molar-refractivity contribution in [3.8, 4) is 5.75 Å². The van der Waals surface area contributed by atoms with Crippen molar-refractivity contribution in [1.29, 1.82) is 0 Å². The molecular formula is C13H18BrNO4. The van der Waals surface area contributed by atoms with Crippen molar-refractivity contribution in [2.75, 3.05) is 34.5 Å². The summed E-state index contributed by atoms with van der Waals surface area (Å²) in [6, 6.07) is 4.88. The molecule has 0 aliphatic heterocycles. The highest BCUT2D eigenvalue weighted by Crippen LogP contribution is 2.28. The molecule has 0 bridgehead atoms. The number of carbonyl (C=O) groups excluding carboxylic acids is 1. The van der Waals surface area contributed by atoms with Crippen LogP contribution in [-0.4, -0.2) is 40.5 Å². The van der Waals surface area contributed by atoms with Crippen LogP contribution in [0.15, 0.2) is 22.7 Å². The van der Waals surface area contributed by atoms with Crippen LogP contribution in [0.5, 0.6) is 5.75 Å². The summed E-state index contributed by atoms with van der Waals surface area (Å²) in [7, 11) is 4.55. The SMILES string of the molecule is COCCNC(C(=O)OC)c1cc(OC)ccc1Br. The topological polar surface area (TPSA) is 56.8 Å². The van der Waals surface area contributed by atoms with E-state index in [1.165, 1.54) is 7.11 Å². The maximum atomic E-state index is 11.9. The third kappa shape index (κ3) is 4.49. The van der Waals surface area contributed by atoms with E-state index in [0.29, 0.717) is 18.9 Å². The zero-order valence-corrected chi connectivity index (χ0v) is 12.8. The molecule has 106 valence electrons. The van der Waals surface area contributed by atoms with Crippen LogP contribution in [0.2, 0.25) is 0 Å². The number of benzene rings is 1. The van der Waals surface area contributed by atoms with Crippen molar-refractivity contribution in [3.05, 3.63) is 28.2 Å². The first-order chi connectivity index (χ1) is 9.13. The van der Waals surface area contributed by atoms with E-state index in [4.69, 9.17) is 14.2 Å². The van der Waals surface area contributed by atoms with Crippen LogP contribution in [0.25, 0.3) is 0 Å². The first-order valence-corrected chi connectivity index (χ1v) is 6.57. The summed E-state index contributed by atoms with van der Waals surface area (Å²) in [5, 5.41) is 3.09. The van der Waals surface area contributed by atoms with Gasteiger partial charge in [-0.1, -0.05) is 15.9 Å². The number of halogens is 1. The number of nitrogens with one attached hydrogen (secondary N) is 1. The Morgan fingerprint density at radius 2 is 2.11 bits per heavy atom. The minimum atomic E-state index is -0.565. The van der Waals surface area contributed by atoms with Gasteiger partial charge < -0.3 is 14.2 Å². The lowest BCUT2D eigenvalue weighted by atomic mass is 10.1. The zero-order chi connectivity index (χ0) is 14.3. The Hall–Kier alpha value is -1.11. The molecular weight excluding hydrogens is 314 g/mol. The monoisotopic (exact) mass is 331 g/mol. The number of hydrogen-bond acceptors (Lipinski definition) is 5. The van der Waals surface area contributed by atoms with Gasteiger partial charge in [-0.15, -0.1) is 0 Å². The molecule has 0 aliphatic rings. The van der Waals surface area contributed by atoms with Crippen molar-refractivity contribution in [1.82, 2.24) is 5.32 Å². The highest BCUT2D eigenvalue weighted by molar-refractivity contribution is 9.10. The fraction of sp³-hybridized carbons (Fsp3) is 0.462. The predicted molar refractivity (Wildman–Crippen MR) is 75.3 cm³/mol. The Kier molecular flexibility index (Phi) is 6.83. The van der Waals surface area contributed by atoms with Gasteiger partial charge in [0.25, 0.3) is 0 Å². The number of esters is 1. The molecule has 0 fully saturated rings. The smallest absolute Gasteiger partial charge is 0.327 e. The number of hydrogen-bond donors (Lipinski definition) is 1. The van der Waals surface area contributed by atoms with E-state index in [1.54, 1.807) is 20.3 Å². The van der Waals surface area contributed by atoms with Crippen molar-refractivity contribution >= 4 is 21.9 Å². The van der Waals surface area contributed by atoms with Crippen LogP contribution >= 0.6 is 15.9 Å². The molecule has 19 heavy (non-hydrogen) atoms. The van der Waals surface area contributed by atoms with Crippen molar-refractivity contribution in [2.24, 2.45) is 0 Å². The molecule has 0 saturated heterocycles. The van der Waals surface area contributed by atoms with Gasteiger partial charge >= 0.3 is 5.97 Å². The molecule has 1 N–H and O–H groups in total. The maximum absolute atomic E-state index is 11.9. The molecule has 0 amide bonds. The lowest BCUT2D eigenvalue weighted by Crippen LogP contribution is -2.32. The number of ether oxygens (including phenoxy) is 3. The summed E-state index contributed by atoms with van der Waals surface area (Å²) in [6.45, 7) is 1.05. The Labute approximate surface area is 121 Å². The largest absolute Gasteiger partial charge is 0.497 e. The number of methoxy groups -OCH3 is 3. The standard InChI is InChI=1S/C13H18BrNO4/c1-17-7-6-15-12(13(16)19-3)10-8-9(18-2)4-5-11(10)14/h4-5,8,12,15H,6-7H2,1-3H3. The molecule has 0 heterocycles. The summed E-state index contributed by atoms with van der Waals surface area (Å²) >= 11 is 3.43. The Balaban J connectivity index is 2.98. The zero-order valence-electron chi connectivity index (χ0n) is 11.2. The van der Waals surface area contributed by atoms with Gasteiger partial charge in [-0.3, -0.25) is 5.32 Å². The van der Waals surface area contributed by atoms with Crippen LogP contribution in [0, 0.1) is 0 Å². The Morgan fingerprint density at radius 3 is 2.68 bits per heavy atom. The lowest BCUT2D eigenvalue weighted by molar-refractivity contribution is -0.143. The second-order valence-electron chi connectivity index (χ2n) is 3.79. The van der Waals surface area contributed by atoms with Gasteiger partial charge in [0.05, 0.1) is 20.8 Å². The molecule has 1 unspecified atom stereocenters. The van der Waals surface area contributed by atoms with Crippen LogP contribution in [0.3, 0.4) is 0 Å². The van der Waals surface area contributed by atoms with Crippen LogP contribution in [0.4, 0.5) is 0 Å². The highest BCUT2D eigenvalue weighted by Gasteiger charge is 2.23. The summed E-state index contributed by atoms with van der Waals surface area (Å²) in [6.07, 6.45) is 0. The van der Waals surface area contributed by atoms with E-state index in [-0.39, 0.29) is 5.97 Å². The van der Waals surface area contributed by atoms with Crippen LogP contribution in [0.1, 0.15) is 11.6 Å². The second-order valence-corrected chi connectivity index (χ2v) is 4.64. The molecule has 1 rings (SSSR count). The van der Waals surface area contributed by atoms with Crippen LogP contribution < -0.4 is 10.1 Å². The van der Waals surface area contributed by atoms with Gasteiger partial charge in [-0.05, 0) is 23.8 Å². The van der Waals surface area contributed by atoms with Crippen molar-refractivity contribution < 1.29 is 19.0 Å². The first-order valence-electron chi connectivity index (χ1n) is 5.77.